The van der Waals surface area contributed by atoms with Crippen molar-refractivity contribution in [1.29, 1.82) is 0 Å². The lowest BCUT2D eigenvalue weighted by Crippen LogP contribution is -2.53. The molecule has 0 saturated carbocycles. The fourth-order valence-corrected chi connectivity index (χ4v) is 5.47. The summed E-state index contributed by atoms with van der Waals surface area (Å²) in [5.41, 5.74) is 14.9. The number of aliphatic hydroxyl groups excluding tert-OH is 1. The third-order valence-electron chi connectivity index (χ3n) is 7.31. The standard InChI is InChI=1S/C33H29BrF2N6O4/c34-27-8-3-1-6-22(27)19-33(32(44)41-38-20-23-18-24(35)12-15-28(23)36)30(26-7-2-4-9-29(26)40-42-37)46-31(39-33)21-10-13-25(14-11-21)45-17-5-16-43/h1-4,6-15,18,30,38,43H,5,16-17,19-20H2,(H,41,44)/t30-,33-/m0/s1. The number of aliphatic imine (C=N–C) groups is 1. The number of amides is 1. The highest BCUT2D eigenvalue weighted by molar-refractivity contribution is 9.10. The summed E-state index contributed by atoms with van der Waals surface area (Å²) in [4.78, 5) is 22.3. The molecule has 4 aromatic rings. The third-order valence-corrected chi connectivity index (χ3v) is 8.08. The molecule has 236 valence electrons. The van der Waals surface area contributed by atoms with Crippen LogP contribution in [0.5, 0.6) is 5.75 Å². The van der Waals surface area contributed by atoms with Crippen LogP contribution in [0, 0.1) is 11.6 Å². The summed E-state index contributed by atoms with van der Waals surface area (Å²) in [5, 5.41) is 12.9. The van der Waals surface area contributed by atoms with Crippen LogP contribution in [0.4, 0.5) is 14.5 Å². The molecule has 2 atom stereocenters. The number of carbonyl (C=O) groups is 1. The molecule has 0 fully saturated rings. The van der Waals surface area contributed by atoms with Gasteiger partial charge in [0.1, 0.15) is 17.4 Å². The maximum atomic E-state index is 14.4. The normalized spacial score (nSPS) is 17.0. The number of aliphatic hydroxyl groups is 1. The van der Waals surface area contributed by atoms with Crippen LogP contribution in [-0.2, 0) is 22.5 Å². The minimum absolute atomic E-state index is 0.00908. The second-order valence-corrected chi connectivity index (χ2v) is 11.2. The lowest BCUT2D eigenvalue weighted by atomic mass is 9.81. The zero-order valence-electron chi connectivity index (χ0n) is 24.4. The molecule has 13 heteroatoms. The van der Waals surface area contributed by atoms with E-state index in [0.717, 1.165) is 28.2 Å². The number of azide groups is 1. The van der Waals surface area contributed by atoms with E-state index in [1.165, 1.54) is 0 Å². The van der Waals surface area contributed by atoms with Crippen LogP contribution in [0.25, 0.3) is 10.4 Å². The van der Waals surface area contributed by atoms with E-state index >= 15 is 0 Å². The Morgan fingerprint density at radius 2 is 1.83 bits per heavy atom. The highest BCUT2D eigenvalue weighted by Crippen LogP contribution is 2.46. The molecule has 0 unspecified atom stereocenters. The van der Waals surface area contributed by atoms with Crippen molar-refractivity contribution in [3.05, 3.63) is 140 Å². The van der Waals surface area contributed by atoms with Crippen LogP contribution < -0.4 is 15.6 Å². The van der Waals surface area contributed by atoms with Crippen LogP contribution in [0.3, 0.4) is 0 Å². The number of halogens is 3. The van der Waals surface area contributed by atoms with Crippen LogP contribution >= 0.6 is 15.9 Å². The molecule has 1 amide bonds. The van der Waals surface area contributed by atoms with E-state index in [9.17, 15) is 19.1 Å². The molecule has 0 radical (unpaired) electrons. The minimum atomic E-state index is -1.68. The fraction of sp³-hybridized carbons (Fsp3) is 0.212. The molecule has 1 aliphatic heterocycles. The highest BCUT2D eigenvalue weighted by atomic mass is 79.9. The maximum absolute atomic E-state index is 14.4. The first-order valence-electron chi connectivity index (χ1n) is 14.3. The van der Waals surface area contributed by atoms with Gasteiger partial charge < -0.3 is 14.6 Å². The fourth-order valence-electron chi connectivity index (χ4n) is 5.05. The molecular weight excluding hydrogens is 662 g/mol. The summed E-state index contributed by atoms with van der Waals surface area (Å²) in [6.07, 6.45) is -0.558. The second-order valence-electron chi connectivity index (χ2n) is 10.3. The summed E-state index contributed by atoms with van der Waals surface area (Å²) in [5.74, 6) is -1.15. The summed E-state index contributed by atoms with van der Waals surface area (Å²) < 4.78 is 41.0. The second kappa shape index (κ2) is 15.0. The summed E-state index contributed by atoms with van der Waals surface area (Å²) in [6, 6.07) is 24.1. The zero-order valence-corrected chi connectivity index (χ0v) is 26.0. The average molecular weight is 692 g/mol. The molecule has 4 aromatic carbocycles. The Balaban J connectivity index is 1.57. The van der Waals surface area contributed by atoms with Gasteiger partial charge in [0.15, 0.2) is 11.6 Å². The molecule has 0 bridgehead atoms. The Labute approximate surface area is 271 Å². The van der Waals surface area contributed by atoms with Crippen LogP contribution in [0.15, 0.2) is 106 Å². The van der Waals surface area contributed by atoms with Gasteiger partial charge in [-0.3, -0.25) is 10.2 Å². The van der Waals surface area contributed by atoms with E-state index < -0.39 is 29.2 Å². The van der Waals surface area contributed by atoms with Crippen LogP contribution in [-0.4, -0.2) is 35.7 Å². The van der Waals surface area contributed by atoms with Crippen molar-refractivity contribution < 1.29 is 28.2 Å². The van der Waals surface area contributed by atoms with Crippen molar-refractivity contribution in [3.8, 4) is 5.75 Å². The van der Waals surface area contributed by atoms with E-state index in [-0.39, 0.29) is 36.7 Å². The Bertz CT molecular complexity index is 1780. The Morgan fingerprint density at radius 3 is 2.59 bits per heavy atom. The number of hydrogen-bond donors (Lipinski definition) is 3. The number of nitrogens with one attached hydrogen (secondary N) is 2. The number of carbonyl (C=O) groups excluding carboxylic acids is 1. The average Bonchev–Trinajstić information content (AvgIpc) is 3.45. The van der Waals surface area contributed by atoms with E-state index in [1.807, 2.05) is 24.3 Å². The van der Waals surface area contributed by atoms with Gasteiger partial charge in [-0.05, 0) is 59.6 Å². The molecule has 0 spiro atoms. The maximum Gasteiger partial charge on any atom is 0.266 e. The SMILES string of the molecule is [N-]=[N+]=Nc1ccccc1[C@@H]1OC(c2ccc(OCCCO)cc2)=N[C@]1(Cc1ccccc1Br)C(=O)NNCc1cc(F)ccc1F. The summed E-state index contributed by atoms with van der Waals surface area (Å²) >= 11 is 3.57. The van der Waals surface area contributed by atoms with Crippen LogP contribution in [0.1, 0.15) is 34.8 Å². The Morgan fingerprint density at radius 1 is 1.07 bits per heavy atom. The molecule has 10 nitrogen and oxygen atoms in total. The van der Waals surface area contributed by atoms with Crippen molar-refractivity contribution in [2.24, 2.45) is 10.1 Å². The Kier molecular flexibility index (Phi) is 10.6. The van der Waals surface area contributed by atoms with Gasteiger partial charge in [-0.1, -0.05) is 63.5 Å². The largest absolute Gasteiger partial charge is 0.494 e. The van der Waals surface area contributed by atoms with Gasteiger partial charge in [-0.15, -0.1) is 0 Å². The van der Waals surface area contributed by atoms with Crippen LogP contribution in [0.2, 0.25) is 0 Å². The Hall–Kier alpha value is -4.81. The summed E-state index contributed by atoms with van der Waals surface area (Å²) in [7, 11) is 0. The zero-order chi connectivity index (χ0) is 32.5. The number of rotatable bonds is 13. The van der Waals surface area contributed by atoms with Crippen molar-refractivity contribution >= 4 is 33.4 Å². The van der Waals surface area contributed by atoms with E-state index in [0.29, 0.717) is 29.9 Å². The molecule has 3 N–H and O–H groups in total. The molecule has 46 heavy (non-hydrogen) atoms. The van der Waals surface area contributed by atoms with Gasteiger partial charge in [0.2, 0.25) is 5.90 Å². The predicted octanol–water partition coefficient (Wildman–Crippen LogP) is 6.75. The van der Waals surface area contributed by atoms with Gasteiger partial charge in [0, 0.05) is 57.8 Å². The minimum Gasteiger partial charge on any atom is -0.494 e. The van der Waals surface area contributed by atoms with Gasteiger partial charge in [0.25, 0.3) is 5.91 Å². The molecule has 0 saturated heterocycles. The first-order chi connectivity index (χ1) is 22.3. The first kappa shape index (κ1) is 32.6. The number of benzene rings is 4. The number of ether oxygens (including phenoxy) is 2. The molecule has 1 heterocycles. The van der Waals surface area contributed by atoms with Crippen molar-refractivity contribution in [1.82, 2.24) is 10.9 Å². The van der Waals surface area contributed by atoms with Crippen molar-refractivity contribution in [2.75, 3.05) is 13.2 Å². The highest BCUT2D eigenvalue weighted by Gasteiger charge is 2.54. The lowest BCUT2D eigenvalue weighted by Gasteiger charge is -2.31. The molecular formula is C33H29BrF2N6O4. The molecule has 1 aliphatic rings. The van der Waals surface area contributed by atoms with Gasteiger partial charge in [-0.2, -0.15) is 0 Å². The number of hydrazine groups is 1. The van der Waals surface area contributed by atoms with E-state index in [4.69, 9.17) is 19.6 Å². The summed E-state index contributed by atoms with van der Waals surface area (Å²) in [6.45, 7) is 0.137. The molecule has 0 aliphatic carbocycles. The quantitative estimate of drug-likeness (QED) is 0.0468. The van der Waals surface area contributed by atoms with Gasteiger partial charge in [0.05, 0.1) is 6.61 Å². The number of hydrogen-bond acceptors (Lipinski definition) is 7. The first-order valence-corrected chi connectivity index (χ1v) is 15.1. The van der Waals surface area contributed by atoms with E-state index in [1.54, 1.807) is 48.5 Å². The molecule has 0 aromatic heterocycles. The predicted molar refractivity (Wildman–Crippen MR) is 171 cm³/mol. The smallest absolute Gasteiger partial charge is 0.266 e. The molecule has 5 rings (SSSR count). The third kappa shape index (κ3) is 7.35. The number of nitrogens with zero attached hydrogens (tertiary/aromatic N) is 4. The topological polar surface area (TPSA) is 141 Å². The van der Waals surface area contributed by atoms with Crippen molar-refractivity contribution in [2.45, 2.75) is 31.0 Å². The lowest BCUT2D eigenvalue weighted by molar-refractivity contribution is -0.130. The van der Waals surface area contributed by atoms with Crippen molar-refractivity contribution in [3.63, 3.8) is 0 Å². The van der Waals surface area contributed by atoms with Gasteiger partial charge in [-0.25, -0.2) is 19.2 Å². The van der Waals surface area contributed by atoms with Gasteiger partial charge >= 0.3 is 0 Å². The van der Waals surface area contributed by atoms with E-state index in [2.05, 4.69) is 36.8 Å². The monoisotopic (exact) mass is 690 g/mol.